The van der Waals surface area contributed by atoms with Crippen LogP contribution in [0.5, 0.6) is 0 Å². The quantitative estimate of drug-likeness (QED) is 0.449. The van der Waals surface area contributed by atoms with E-state index in [9.17, 15) is 9.90 Å². The largest absolute Gasteiger partial charge is 0.389 e. The van der Waals surface area contributed by atoms with Gasteiger partial charge >= 0.3 is 0 Å². The van der Waals surface area contributed by atoms with E-state index in [1.54, 1.807) is 6.92 Å². The molecular weight excluding hydrogens is 248 g/mol. The lowest BCUT2D eigenvalue weighted by Crippen LogP contribution is -2.46. The molecule has 1 rings (SSSR count). The third-order valence-corrected chi connectivity index (χ3v) is 2.86. The van der Waals surface area contributed by atoms with Crippen molar-refractivity contribution in [3.05, 3.63) is 0 Å². The number of carbonyl (C=O) groups is 1. The van der Waals surface area contributed by atoms with Crippen LogP contribution in [-0.2, 0) is 14.3 Å². The van der Waals surface area contributed by atoms with Crippen molar-refractivity contribution in [3.63, 3.8) is 0 Å². The van der Waals surface area contributed by atoms with E-state index in [4.69, 9.17) is 9.47 Å². The predicted octanol–water partition coefficient (Wildman–Crippen LogP) is -0.343. The molecule has 1 fully saturated rings. The smallest absolute Gasteiger partial charge is 0.237 e. The van der Waals surface area contributed by atoms with Crippen molar-refractivity contribution in [2.75, 3.05) is 33.0 Å². The monoisotopic (exact) mass is 274 g/mol. The fourth-order valence-corrected chi connectivity index (χ4v) is 1.50. The van der Waals surface area contributed by atoms with Crippen LogP contribution in [0.2, 0.25) is 0 Å². The zero-order valence-corrected chi connectivity index (χ0v) is 11.9. The highest BCUT2D eigenvalue weighted by Crippen LogP contribution is 2.18. The summed E-state index contributed by atoms with van der Waals surface area (Å²) in [5.74, 6) is -0.00744. The van der Waals surface area contributed by atoms with Crippen LogP contribution in [0.4, 0.5) is 0 Å². The van der Waals surface area contributed by atoms with Gasteiger partial charge in [-0.3, -0.25) is 4.79 Å². The first-order chi connectivity index (χ1) is 9.13. The third-order valence-electron chi connectivity index (χ3n) is 2.86. The molecule has 6 heteroatoms. The van der Waals surface area contributed by atoms with E-state index in [0.29, 0.717) is 32.4 Å². The second-order valence-electron chi connectivity index (χ2n) is 4.84. The first-order valence-electron chi connectivity index (χ1n) is 7.00. The second kappa shape index (κ2) is 9.25. The molecule has 6 nitrogen and oxygen atoms in total. The fraction of sp³-hybridized carbons (Fsp3) is 0.923. The average Bonchev–Trinajstić information content (AvgIpc) is 3.19. The number of carbonyl (C=O) groups excluding carboxylic acids is 1. The van der Waals surface area contributed by atoms with Crippen molar-refractivity contribution in [2.24, 2.45) is 0 Å². The SMILES string of the molecule is CCOCCOCC(O)CNC(C)C(=O)NC1CC1. The fourth-order valence-electron chi connectivity index (χ4n) is 1.50. The lowest BCUT2D eigenvalue weighted by molar-refractivity contribution is -0.123. The summed E-state index contributed by atoms with van der Waals surface area (Å²) in [6.07, 6.45) is 1.54. The molecule has 0 radical (unpaired) electrons. The molecule has 3 N–H and O–H groups in total. The summed E-state index contributed by atoms with van der Waals surface area (Å²) in [6, 6.07) is 0.0715. The van der Waals surface area contributed by atoms with Gasteiger partial charge in [0.2, 0.25) is 5.91 Å². The van der Waals surface area contributed by atoms with Gasteiger partial charge in [-0.1, -0.05) is 0 Å². The van der Waals surface area contributed by atoms with Gasteiger partial charge in [0.1, 0.15) is 0 Å². The molecule has 1 aliphatic rings. The summed E-state index contributed by atoms with van der Waals surface area (Å²) in [4.78, 5) is 11.6. The van der Waals surface area contributed by atoms with Gasteiger partial charge in [-0.15, -0.1) is 0 Å². The minimum atomic E-state index is -0.613. The standard InChI is InChI=1S/C13H26N2O4/c1-3-18-6-7-19-9-12(16)8-14-10(2)13(17)15-11-4-5-11/h10-12,14,16H,3-9H2,1-2H3,(H,15,17). The number of amides is 1. The van der Waals surface area contributed by atoms with E-state index >= 15 is 0 Å². The van der Waals surface area contributed by atoms with Crippen LogP contribution in [0, 0.1) is 0 Å². The average molecular weight is 274 g/mol. The van der Waals surface area contributed by atoms with Crippen molar-refractivity contribution in [2.45, 2.75) is 44.9 Å². The first-order valence-corrected chi connectivity index (χ1v) is 7.00. The molecule has 0 aromatic carbocycles. The maximum atomic E-state index is 11.6. The Bertz CT molecular complexity index is 259. The Morgan fingerprint density at radius 3 is 2.68 bits per heavy atom. The summed E-state index contributed by atoms with van der Waals surface area (Å²) < 4.78 is 10.4. The molecule has 1 aliphatic carbocycles. The Balaban J connectivity index is 1.98. The van der Waals surface area contributed by atoms with Crippen LogP contribution in [0.3, 0.4) is 0 Å². The van der Waals surface area contributed by atoms with Gasteiger partial charge in [0.05, 0.1) is 32.0 Å². The van der Waals surface area contributed by atoms with Gasteiger partial charge < -0.3 is 25.2 Å². The van der Waals surface area contributed by atoms with Crippen LogP contribution in [0.1, 0.15) is 26.7 Å². The lowest BCUT2D eigenvalue weighted by atomic mass is 10.3. The number of nitrogens with one attached hydrogen (secondary N) is 2. The Morgan fingerprint density at radius 2 is 2.05 bits per heavy atom. The topological polar surface area (TPSA) is 79.8 Å². The summed E-state index contributed by atoms with van der Waals surface area (Å²) in [5, 5.41) is 15.6. The normalized spacial score (nSPS) is 18.1. The van der Waals surface area contributed by atoms with E-state index < -0.39 is 6.10 Å². The molecule has 0 heterocycles. The summed E-state index contributed by atoms with van der Waals surface area (Å²) >= 11 is 0. The summed E-state index contributed by atoms with van der Waals surface area (Å²) in [6.45, 7) is 5.98. The van der Waals surface area contributed by atoms with Crippen LogP contribution < -0.4 is 10.6 Å². The number of aliphatic hydroxyl groups excluding tert-OH is 1. The lowest BCUT2D eigenvalue weighted by Gasteiger charge is -2.17. The molecule has 2 unspecified atom stereocenters. The van der Waals surface area contributed by atoms with Crippen LogP contribution >= 0.6 is 0 Å². The van der Waals surface area contributed by atoms with Gasteiger partial charge in [0.15, 0.2) is 0 Å². The Labute approximate surface area is 114 Å². The van der Waals surface area contributed by atoms with Gasteiger partial charge in [-0.2, -0.15) is 0 Å². The van der Waals surface area contributed by atoms with Crippen molar-refractivity contribution < 1.29 is 19.4 Å². The number of rotatable bonds is 11. The summed E-state index contributed by atoms with van der Waals surface area (Å²) in [5.41, 5.74) is 0. The van der Waals surface area contributed by atoms with Crippen molar-refractivity contribution >= 4 is 5.91 Å². The minimum absolute atomic E-state index is 0.00744. The first kappa shape index (κ1) is 16.4. The van der Waals surface area contributed by atoms with Crippen LogP contribution in [0.25, 0.3) is 0 Å². The van der Waals surface area contributed by atoms with E-state index in [0.717, 1.165) is 12.8 Å². The molecule has 0 aromatic rings. The Morgan fingerprint density at radius 1 is 1.37 bits per heavy atom. The molecule has 2 atom stereocenters. The molecule has 112 valence electrons. The zero-order chi connectivity index (χ0) is 14.1. The highest BCUT2D eigenvalue weighted by molar-refractivity contribution is 5.81. The second-order valence-corrected chi connectivity index (χ2v) is 4.84. The maximum Gasteiger partial charge on any atom is 0.237 e. The number of aliphatic hydroxyl groups is 1. The molecule has 1 amide bonds. The summed E-state index contributed by atoms with van der Waals surface area (Å²) in [7, 11) is 0. The number of hydrogen-bond acceptors (Lipinski definition) is 5. The Kier molecular flexibility index (Phi) is 7.97. The predicted molar refractivity (Wildman–Crippen MR) is 71.9 cm³/mol. The third kappa shape index (κ3) is 8.15. The number of ether oxygens (including phenoxy) is 2. The molecular formula is C13H26N2O4. The minimum Gasteiger partial charge on any atom is -0.389 e. The van der Waals surface area contributed by atoms with E-state index in [2.05, 4.69) is 10.6 Å². The van der Waals surface area contributed by atoms with E-state index in [1.165, 1.54) is 0 Å². The maximum absolute atomic E-state index is 11.6. The molecule has 0 saturated heterocycles. The van der Waals surface area contributed by atoms with Gasteiger partial charge in [0, 0.05) is 19.2 Å². The van der Waals surface area contributed by atoms with Gasteiger partial charge in [-0.25, -0.2) is 0 Å². The Hall–Kier alpha value is -0.690. The van der Waals surface area contributed by atoms with Crippen molar-refractivity contribution in [1.29, 1.82) is 0 Å². The van der Waals surface area contributed by atoms with Crippen molar-refractivity contribution in [1.82, 2.24) is 10.6 Å². The molecule has 0 aromatic heterocycles. The highest BCUT2D eigenvalue weighted by atomic mass is 16.5. The number of hydrogen-bond donors (Lipinski definition) is 3. The zero-order valence-electron chi connectivity index (χ0n) is 11.9. The molecule has 1 saturated carbocycles. The van der Waals surface area contributed by atoms with Crippen LogP contribution in [0.15, 0.2) is 0 Å². The highest BCUT2D eigenvalue weighted by Gasteiger charge is 2.25. The van der Waals surface area contributed by atoms with Crippen molar-refractivity contribution in [3.8, 4) is 0 Å². The van der Waals surface area contributed by atoms with Gasteiger partial charge in [-0.05, 0) is 26.7 Å². The van der Waals surface area contributed by atoms with Crippen LogP contribution in [-0.4, -0.2) is 62.2 Å². The van der Waals surface area contributed by atoms with Gasteiger partial charge in [0.25, 0.3) is 0 Å². The molecule has 19 heavy (non-hydrogen) atoms. The molecule has 0 spiro atoms. The molecule has 0 bridgehead atoms. The van der Waals surface area contributed by atoms with E-state index in [1.807, 2.05) is 6.92 Å². The molecule has 0 aliphatic heterocycles. The van der Waals surface area contributed by atoms with E-state index in [-0.39, 0.29) is 18.6 Å².